The zero-order valence-corrected chi connectivity index (χ0v) is 11.7. The van der Waals surface area contributed by atoms with Crippen LogP contribution in [-0.4, -0.2) is 4.98 Å². The molecule has 1 heterocycles. The van der Waals surface area contributed by atoms with Crippen LogP contribution in [0.5, 0.6) is 0 Å². The molecule has 0 unspecified atom stereocenters. The third-order valence-electron chi connectivity index (χ3n) is 3.69. The largest absolute Gasteiger partial charge is 0.355 e. The van der Waals surface area contributed by atoms with Crippen LogP contribution in [0.25, 0.3) is 32.9 Å². The minimum Gasteiger partial charge on any atom is -0.355 e. The topological polar surface area (TPSA) is 15.8 Å². The van der Waals surface area contributed by atoms with E-state index in [1.165, 1.54) is 32.9 Å². The van der Waals surface area contributed by atoms with E-state index < -0.39 is 0 Å². The van der Waals surface area contributed by atoms with Gasteiger partial charge in [0.05, 0.1) is 0 Å². The molecular formula is C18H13NS. The van der Waals surface area contributed by atoms with Crippen LogP contribution in [-0.2, 0) is 0 Å². The van der Waals surface area contributed by atoms with Crippen molar-refractivity contribution >= 4 is 34.4 Å². The third-order valence-corrected chi connectivity index (χ3v) is 3.96. The summed E-state index contributed by atoms with van der Waals surface area (Å²) in [6, 6.07) is 23.2. The second kappa shape index (κ2) is 4.43. The molecule has 0 bridgehead atoms. The third kappa shape index (κ3) is 1.81. The summed E-state index contributed by atoms with van der Waals surface area (Å²) in [4.78, 5) is 4.44. The fourth-order valence-electron chi connectivity index (χ4n) is 2.71. The molecular weight excluding hydrogens is 262 g/mol. The average molecular weight is 275 g/mol. The van der Waals surface area contributed by atoms with E-state index in [-0.39, 0.29) is 0 Å². The molecule has 1 nitrogen and oxygen atoms in total. The van der Waals surface area contributed by atoms with E-state index in [0.717, 1.165) is 4.90 Å². The van der Waals surface area contributed by atoms with Gasteiger partial charge in [0.1, 0.15) is 0 Å². The highest BCUT2D eigenvalue weighted by molar-refractivity contribution is 7.80. The van der Waals surface area contributed by atoms with Gasteiger partial charge in [0.15, 0.2) is 0 Å². The van der Waals surface area contributed by atoms with E-state index in [4.69, 9.17) is 0 Å². The summed E-state index contributed by atoms with van der Waals surface area (Å²) in [5, 5.41) is 2.54. The fraction of sp³-hybridized carbons (Fsp3) is 0. The Morgan fingerprint density at radius 1 is 0.650 bits per heavy atom. The van der Waals surface area contributed by atoms with Crippen molar-refractivity contribution in [1.82, 2.24) is 4.98 Å². The first-order valence-corrected chi connectivity index (χ1v) is 7.06. The summed E-state index contributed by atoms with van der Waals surface area (Å²) in [5.74, 6) is 0. The number of benzene rings is 3. The second-order valence-electron chi connectivity index (χ2n) is 4.98. The zero-order valence-electron chi connectivity index (χ0n) is 10.8. The molecule has 3 aromatic carbocycles. The van der Waals surface area contributed by atoms with E-state index in [9.17, 15) is 0 Å². The highest BCUT2D eigenvalue weighted by Gasteiger charge is 2.05. The fourth-order valence-corrected chi connectivity index (χ4v) is 2.94. The summed E-state index contributed by atoms with van der Waals surface area (Å²) in [5.41, 5.74) is 4.78. The number of aromatic amines is 1. The Kier molecular flexibility index (Phi) is 2.57. The number of para-hydroxylation sites is 1. The van der Waals surface area contributed by atoms with Gasteiger partial charge in [0.25, 0.3) is 0 Å². The molecule has 1 N–H and O–H groups in total. The second-order valence-corrected chi connectivity index (χ2v) is 5.50. The number of rotatable bonds is 1. The monoisotopic (exact) mass is 275 g/mol. The Balaban J connectivity index is 2.00. The maximum atomic E-state index is 4.42. The number of hydrogen-bond donors (Lipinski definition) is 2. The summed E-state index contributed by atoms with van der Waals surface area (Å²) >= 11 is 4.42. The molecule has 0 aliphatic carbocycles. The molecule has 4 rings (SSSR count). The molecule has 0 atom stereocenters. The highest BCUT2D eigenvalue weighted by Crippen LogP contribution is 2.30. The van der Waals surface area contributed by atoms with E-state index >= 15 is 0 Å². The predicted molar refractivity (Wildman–Crippen MR) is 88.5 cm³/mol. The standard InChI is InChI=1S/C18H13NS/c20-14-5-3-4-12(10-14)13-8-9-18-16(11-13)15-6-1-2-7-17(15)19-18/h1-11,19-20H. The molecule has 0 aliphatic rings. The van der Waals surface area contributed by atoms with Gasteiger partial charge >= 0.3 is 0 Å². The van der Waals surface area contributed by atoms with Crippen molar-refractivity contribution in [2.75, 3.05) is 0 Å². The summed E-state index contributed by atoms with van der Waals surface area (Å²) < 4.78 is 0. The van der Waals surface area contributed by atoms with Gasteiger partial charge in [-0.05, 0) is 41.5 Å². The van der Waals surface area contributed by atoms with E-state index in [0.29, 0.717) is 0 Å². The smallest absolute Gasteiger partial charge is 0.0465 e. The molecule has 1 aromatic heterocycles. The predicted octanol–water partition coefficient (Wildman–Crippen LogP) is 5.28. The van der Waals surface area contributed by atoms with Crippen LogP contribution < -0.4 is 0 Å². The minimum absolute atomic E-state index is 0.988. The Morgan fingerprint density at radius 3 is 2.35 bits per heavy atom. The first-order valence-electron chi connectivity index (χ1n) is 6.61. The number of H-pyrrole nitrogens is 1. The van der Waals surface area contributed by atoms with E-state index in [1.54, 1.807) is 0 Å². The molecule has 0 spiro atoms. The first-order chi connectivity index (χ1) is 9.81. The van der Waals surface area contributed by atoms with Crippen LogP contribution in [0.2, 0.25) is 0 Å². The molecule has 0 radical (unpaired) electrons. The van der Waals surface area contributed by atoms with E-state index in [2.05, 4.69) is 72.2 Å². The molecule has 4 aromatic rings. The van der Waals surface area contributed by atoms with Crippen molar-refractivity contribution < 1.29 is 0 Å². The summed E-state index contributed by atoms with van der Waals surface area (Å²) in [6.45, 7) is 0. The SMILES string of the molecule is Sc1cccc(-c2ccc3[nH]c4ccccc4c3c2)c1. The van der Waals surface area contributed by atoms with Crippen LogP contribution in [0.4, 0.5) is 0 Å². The van der Waals surface area contributed by atoms with Gasteiger partial charge in [-0.2, -0.15) is 0 Å². The summed E-state index contributed by atoms with van der Waals surface area (Å²) in [6.07, 6.45) is 0. The zero-order chi connectivity index (χ0) is 13.5. The van der Waals surface area contributed by atoms with Gasteiger partial charge < -0.3 is 4.98 Å². The molecule has 0 fully saturated rings. The maximum absolute atomic E-state index is 4.42. The van der Waals surface area contributed by atoms with Gasteiger partial charge in [-0.25, -0.2) is 0 Å². The van der Waals surface area contributed by atoms with Crippen molar-refractivity contribution in [3.63, 3.8) is 0 Å². The van der Waals surface area contributed by atoms with Crippen LogP contribution in [0.1, 0.15) is 0 Å². The Morgan fingerprint density at radius 2 is 1.45 bits per heavy atom. The van der Waals surface area contributed by atoms with Crippen molar-refractivity contribution in [1.29, 1.82) is 0 Å². The highest BCUT2D eigenvalue weighted by atomic mass is 32.1. The van der Waals surface area contributed by atoms with Crippen LogP contribution >= 0.6 is 12.6 Å². The lowest BCUT2D eigenvalue weighted by Crippen LogP contribution is -1.78. The average Bonchev–Trinajstić information content (AvgIpc) is 2.85. The minimum atomic E-state index is 0.988. The van der Waals surface area contributed by atoms with Crippen molar-refractivity contribution in [3.05, 3.63) is 66.7 Å². The number of thiol groups is 1. The molecule has 0 aliphatic heterocycles. The molecule has 20 heavy (non-hydrogen) atoms. The molecule has 0 saturated heterocycles. The number of aromatic nitrogens is 1. The lowest BCUT2D eigenvalue weighted by molar-refractivity contribution is 1.47. The summed E-state index contributed by atoms with van der Waals surface area (Å²) in [7, 11) is 0. The number of fused-ring (bicyclic) bond motifs is 3. The van der Waals surface area contributed by atoms with Gasteiger partial charge in [-0.15, -0.1) is 12.6 Å². The maximum Gasteiger partial charge on any atom is 0.0465 e. The van der Waals surface area contributed by atoms with Crippen LogP contribution in [0.15, 0.2) is 71.6 Å². The van der Waals surface area contributed by atoms with Crippen molar-refractivity contribution in [2.24, 2.45) is 0 Å². The van der Waals surface area contributed by atoms with Crippen molar-refractivity contribution in [3.8, 4) is 11.1 Å². The van der Waals surface area contributed by atoms with Crippen LogP contribution in [0, 0.1) is 0 Å². The Labute approximate surface area is 122 Å². The number of nitrogens with one attached hydrogen (secondary N) is 1. The van der Waals surface area contributed by atoms with Gasteiger partial charge in [-0.3, -0.25) is 0 Å². The first kappa shape index (κ1) is 11.6. The molecule has 2 heteroatoms. The van der Waals surface area contributed by atoms with Gasteiger partial charge in [-0.1, -0.05) is 36.4 Å². The van der Waals surface area contributed by atoms with E-state index in [1.807, 2.05) is 12.1 Å². The Bertz CT molecular complexity index is 921. The quantitative estimate of drug-likeness (QED) is 0.440. The normalized spacial score (nSPS) is 11.2. The van der Waals surface area contributed by atoms with Gasteiger partial charge in [0, 0.05) is 26.7 Å². The van der Waals surface area contributed by atoms with Gasteiger partial charge in [0.2, 0.25) is 0 Å². The van der Waals surface area contributed by atoms with Crippen LogP contribution in [0.3, 0.4) is 0 Å². The lowest BCUT2D eigenvalue weighted by Gasteiger charge is -2.03. The van der Waals surface area contributed by atoms with Crippen molar-refractivity contribution in [2.45, 2.75) is 4.90 Å². The lowest BCUT2D eigenvalue weighted by atomic mass is 10.0. The Hall–Kier alpha value is -2.19. The number of hydrogen-bond acceptors (Lipinski definition) is 1. The molecule has 0 amide bonds. The molecule has 0 saturated carbocycles. The molecule has 96 valence electrons.